The van der Waals surface area contributed by atoms with Gasteiger partial charge in [-0.3, -0.25) is 14.5 Å². The van der Waals surface area contributed by atoms with Crippen molar-refractivity contribution in [1.82, 2.24) is 20.0 Å². The lowest BCUT2D eigenvalue weighted by molar-refractivity contribution is -0.120. The summed E-state index contributed by atoms with van der Waals surface area (Å²) in [5.41, 5.74) is 1.22. The Hall–Kier alpha value is -1.32. The van der Waals surface area contributed by atoms with Gasteiger partial charge in [-0.15, -0.1) is 24.0 Å². The fourth-order valence-corrected chi connectivity index (χ4v) is 3.70. The van der Waals surface area contributed by atoms with Crippen LogP contribution in [0.1, 0.15) is 32.6 Å². The molecule has 8 heteroatoms. The van der Waals surface area contributed by atoms with Crippen LogP contribution in [0.5, 0.6) is 0 Å². The van der Waals surface area contributed by atoms with Gasteiger partial charge in [-0.2, -0.15) is 5.10 Å². The van der Waals surface area contributed by atoms with Crippen molar-refractivity contribution in [3.05, 3.63) is 12.4 Å². The number of guanidine groups is 1. The van der Waals surface area contributed by atoms with Crippen molar-refractivity contribution < 1.29 is 4.79 Å². The lowest BCUT2D eigenvalue weighted by atomic mass is 9.89. The molecule has 0 unspecified atom stereocenters. The number of carbonyl (C=O) groups excluding carboxylic acids is 1. The van der Waals surface area contributed by atoms with Crippen LogP contribution < -0.4 is 10.2 Å². The number of carbonyl (C=O) groups is 1. The predicted molar refractivity (Wildman–Crippen MR) is 110 cm³/mol. The van der Waals surface area contributed by atoms with Crippen LogP contribution in [0.25, 0.3) is 0 Å². The number of anilines is 1. The number of amides is 1. The number of hydrogen-bond donors (Lipinski definition) is 1. The molecule has 25 heavy (non-hydrogen) atoms. The van der Waals surface area contributed by atoms with E-state index in [-0.39, 0.29) is 29.9 Å². The molecule has 0 aromatic carbocycles. The number of hydrogen-bond acceptors (Lipinski definition) is 3. The molecule has 3 rings (SSSR count). The van der Waals surface area contributed by atoms with E-state index in [0.717, 1.165) is 24.7 Å². The molecule has 140 valence electrons. The zero-order valence-electron chi connectivity index (χ0n) is 15.4. The second kappa shape index (κ2) is 8.37. The maximum atomic E-state index is 12.5. The second-order valence-electron chi connectivity index (χ2n) is 7.26. The summed E-state index contributed by atoms with van der Waals surface area (Å²) in [6.07, 6.45) is 8.79. The summed E-state index contributed by atoms with van der Waals surface area (Å²) < 4.78 is 1.72. The third-order valence-electron chi connectivity index (χ3n) is 5.22. The average Bonchev–Trinajstić information content (AvgIpc) is 3.17. The van der Waals surface area contributed by atoms with Crippen LogP contribution in [-0.2, 0) is 11.8 Å². The van der Waals surface area contributed by atoms with Crippen LogP contribution in [0, 0.1) is 5.41 Å². The molecule has 1 aromatic heterocycles. The molecule has 0 atom stereocenters. The van der Waals surface area contributed by atoms with Gasteiger partial charge < -0.3 is 15.1 Å². The Morgan fingerprint density at radius 1 is 1.36 bits per heavy atom. The Morgan fingerprint density at radius 3 is 2.64 bits per heavy atom. The quantitative estimate of drug-likeness (QED) is 0.425. The monoisotopic (exact) mass is 460 g/mol. The van der Waals surface area contributed by atoms with Gasteiger partial charge in [0.2, 0.25) is 5.91 Å². The van der Waals surface area contributed by atoms with Crippen molar-refractivity contribution in [3.8, 4) is 0 Å². The van der Waals surface area contributed by atoms with Crippen LogP contribution in [0.2, 0.25) is 0 Å². The summed E-state index contributed by atoms with van der Waals surface area (Å²) in [5, 5.41) is 7.64. The first kappa shape index (κ1) is 20.0. The number of piperazine rings is 1. The Morgan fingerprint density at radius 2 is 2.08 bits per heavy atom. The molecule has 2 fully saturated rings. The van der Waals surface area contributed by atoms with Gasteiger partial charge in [-0.05, 0) is 18.3 Å². The summed E-state index contributed by atoms with van der Waals surface area (Å²) in [7, 11) is 3.65. The predicted octanol–water partition coefficient (Wildman–Crippen LogP) is 1.84. The van der Waals surface area contributed by atoms with Crippen LogP contribution in [0.3, 0.4) is 0 Å². The van der Waals surface area contributed by atoms with E-state index in [0.29, 0.717) is 18.5 Å². The van der Waals surface area contributed by atoms with Crippen LogP contribution in [0.15, 0.2) is 17.4 Å². The van der Waals surface area contributed by atoms with Crippen molar-refractivity contribution in [2.45, 2.75) is 32.6 Å². The molecule has 0 spiro atoms. The van der Waals surface area contributed by atoms with E-state index in [2.05, 4.69) is 22.3 Å². The maximum Gasteiger partial charge on any atom is 0.246 e. The molecule has 1 aromatic rings. The highest BCUT2D eigenvalue weighted by Crippen LogP contribution is 2.36. The van der Waals surface area contributed by atoms with E-state index in [1.807, 2.05) is 18.1 Å². The minimum Gasteiger partial charge on any atom is -0.356 e. The smallest absolute Gasteiger partial charge is 0.246 e. The average molecular weight is 460 g/mol. The van der Waals surface area contributed by atoms with Gasteiger partial charge >= 0.3 is 0 Å². The molecule has 1 aliphatic carbocycles. The lowest BCUT2D eigenvalue weighted by Crippen LogP contribution is -2.56. The van der Waals surface area contributed by atoms with Crippen molar-refractivity contribution in [2.75, 3.05) is 38.1 Å². The van der Waals surface area contributed by atoms with Crippen molar-refractivity contribution in [3.63, 3.8) is 0 Å². The first-order chi connectivity index (χ1) is 11.5. The number of aromatic nitrogens is 2. The van der Waals surface area contributed by atoms with Gasteiger partial charge in [0.15, 0.2) is 5.96 Å². The number of nitrogens with one attached hydrogen (secondary N) is 1. The molecular weight excluding hydrogens is 431 g/mol. The highest BCUT2D eigenvalue weighted by molar-refractivity contribution is 14.0. The summed E-state index contributed by atoms with van der Waals surface area (Å²) in [5.74, 6) is 0.923. The SMILES string of the molecule is CN=C(NCC1(C)CCCC1)N1CCN(c2cnn(C)c2)C(=O)C1.I. The molecule has 1 saturated carbocycles. The van der Waals surface area contributed by atoms with Gasteiger partial charge in [-0.25, -0.2) is 0 Å². The third-order valence-corrected chi connectivity index (χ3v) is 5.22. The van der Waals surface area contributed by atoms with E-state index in [4.69, 9.17) is 0 Å². The number of aryl methyl sites for hydroxylation is 1. The van der Waals surface area contributed by atoms with Gasteiger partial charge in [0, 0.05) is 39.9 Å². The minimum atomic E-state index is 0. The number of halogens is 1. The fraction of sp³-hybridized carbons (Fsp3) is 0.706. The molecule has 1 saturated heterocycles. The standard InChI is InChI=1S/C17H28N6O.HI/c1-17(6-4-5-7-17)13-19-16(18-2)22-8-9-23(15(24)12-22)14-10-20-21(3)11-14;/h10-11H,4-9,12-13H2,1-3H3,(H,18,19);1H. The largest absolute Gasteiger partial charge is 0.356 e. The normalized spacial score (nSPS) is 20.6. The molecule has 0 bridgehead atoms. The van der Waals surface area contributed by atoms with Crippen LogP contribution in [0.4, 0.5) is 5.69 Å². The molecular formula is C17H29IN6O. The Kier molecular flexibility index (Phi) is 6.70. The number of rotatable bonds is 3. The van der Waals surface area contributed by atoms with Gasteiger partial charge in [-0.1, -0.05) is 19.8 Å². The fourth-order valence-electron chi connectivity index (χ4n) is 3.70. The van der Waals surface area contributed by atoms with Crippen molar-refractivity contribution in [1.29, 1.82) is 0 Å². The molecule has 1 amide bonds. The topological polar surface area (TPSA) is 65.8 Å². The minimum absolute atomic E-state index is 0. The third kappa shape index (κ3) is 4.65. The molecule has 1 N–H and O–H groups in total. The highest BCUT2D eigenvalue weighted by Gasteiger charge is 2.31. The van der Waals surface area contributed by atoms with E-state index in [9.17, 15) is 4.79 Å². The van der Waals surface area contributed by atoms with Crippen LogP contribution in [-0.4, -0.2) is 59.8 Å². The summed E-state index contributed by atoms with van der Waals surface area (Å²) in [6, 6.07) is 0. The van der Waals surface area contributed by atoms with E-state index in [1.54, 1.807) is 22.8 Å². The zero-order valence-corrected chi connectivity index (χ0v) is 17.7. The Balaban J connectivity index is 0.00000225. The molecule has 0 radical (unpaired) electrons. The van der Waals surface area contributed by atoms with E-state index in [1.165, 1.54) is 25.7 Å². The summed E-state index contributed by atoms with van der Waals surface area (Å²) in [6.45, 7) is 5.05. The van der Waals surface area contributed by atoms with Crippen molar-refractivity contribution in [2.24, 2.45) is 17.5 Å². The summed E-state index contributed by atoms with van der Waals surface area (Å²) >= 11 is 0. The molecule has 2 aliphatic rings. The van der Waals surface area contributed by atoms with Gasteiger partial charge in [0.1, 0.15) is 6.54 Å². The summed E-state index contributed by atoms with van der Waals surface area (Å²) in [4.78, 5) is 20.8. The van der Waals surface area contributed by atoms with Crippen LogP contribution >= 0.6 is 24.0 Å². The number of nitrogens with zero attached hydrogens (tertiary/aromatic N) is 5. The zero-order chi connectivity index (χ0) is 17.2. The van der Waals surface area contributed by atoms with Gasteiger partial charge in [0.05, 0.1) is 11.9 Å². The first-order valence-corrected chi connectivity index (χ1v) is 8.75. The van der Waals surface area contributed by atoms with Crippen molar-refractivity contribution >= 4 is 41.5 Å². The Bertz CT molecular complexity index is 622. The van der Waals surface area contributed by atoms with E-state index >= 15 is 0 Å². The first-order valence-electron chi connectivity index (χ1n) is 8.75. The van der Waals surface area contributed by atoms with E-state index < -0.39 is 0 Å². The maximum absolute atomic E-state index is 12.5. The highest BCUT2D eigenvalue weighted by atomic mass is 127. The molecule has 1 aliphatic heterocycles. The Labute approximate surface area is 166 Å². The second-order valence-corrected chi connectivity index (χ2v) is 7.26. The number of aliphatic imine (C=N–C) groups is 1. The lowest BCUT2D eigenvalue weighted by Gasteiger charge is -2.36. The molecule has 7 nitrogen and oxygen atoms in total. The van der Waals surface area contributed by atoms with Gasteiger partial charge in [0.25, 0.3) is 0 Å². The molecule has 2 heterocycles.